The molecular formula is C22H25N3O3. The Bertz CT molecular complexity index is 1150. The monoisotopic (exact) mass is 379 g/mol. The third-order valence-corrected chi connectivity index (χ3v) is 4.82. The van der Waals surface area contributed by atoms with Gasteiger partial charge >= 0.3 is 5.69 Å². The molecule has 0 radical (unpaired) electrons. The summed E-state index contributed by atoms with van der Waals surface area (Å²) in [7, 11) is 0. The standard InChI is InChI=1S/C22H25N3O3/c1-5-10-24-21(27)17-8-6-7-9-18(17)25(22(24)28)13-19(26)23-20-15(3)11-14(2)12-16(20)4/h6-9,11-12H,5,10,13H2,1-4H3,(H,23,26). The Morgan fingerprint density at radius 2 is 1.64 bits per heavy atom. The second-order valence-corrected chi connectivity index (χ2v) is 7.16. The van der Waals surface area contributed by atoms with Gasteiger partial charge in [-0.3, -0.25) is 18.7 Å². The Balaban J connectivity index is 2.04. The van der Waals surface area contributed by atoms with Crippen molar-refractivity contribution in [2.75, 3.05) is 5.32 Å². The predicted molar refractivity (Wildman–Crippen MR) is 112 cm³/mol. The average Bonchev–Trinajstić information content (AvgIpc) is 2.65. The molecule has 6 nitrogen and oxygen atoms in total. The van der Waals surface area contributed by atoms with Gasteiger partial charge in [-0.05, 0) is 50.5 Å². The van der Waals surface area contributed by atoms with Crippen molar-refractivity contribution >= 4 is 22.5 Å². The Labute approximate surface area is 163 Å². The number of carbonyl (C=O) groups is 1. The lowest BCUT2D eigenvalue weighted by atomic mass is 10.1. The number of nitrogens with zero attached hydrogens (tertiary/aromatic N) is 2. The minimum absolute atomic E-state index is 0.157. The normalized spacial score (nSPS) is 11.0. The van der Waals surface area contributed by atoms with Crippen LogP contribution in [0.2, 0.25) is 0 Å². The van der Waals surface area contributed by atoms with Crippen LogP contribution in [-0.4, -0.2) is 15.0 Å². The first-order chi connectivity index (χ1) is 13.3. The van der Waals surface area contributed by atoms with Crippen LogP contribution in [0.4, 0.5) is 5.69 Å². The van der Waals surface area contributed by atoms with Gasteiger partial charge in [0.25, 0.3) is 5.56 Å². The average molecular weight is 379 g/mol. The van der Waals surface area contributed by atoms with Gasteiger partial charge in [0.2, 0.25) is 5.91 Å². The van der Waals surface area contributed by atoms with E-state index in [1.165, 1.54) is 9.13 Å². The molecule has 1 heterocycles. The first-order valence-corrected chi connectivity index (χ1v) is 9.43. The molecule has 0 unspecified atom stereocenters. The lowest BCUT2D eigenvalue weighted by Gasteiger charge is -2.16. The van der Waals surface area contributed by atoms with Crippen molar-refractivity contribution in [1.82, 2.24) is 9.13 Å². The summed E-state index contributed by atoms with van der Waals surface area (Å²) in [4.78, 5) is 38.3. The third kappa shape index (κ3) is 3.63. The Hall–Kier alpha value is -3.15. The van der Waals surface area contributed by atoms with Crippen molar-refractivity contribution < 1.29 is 4.79 Å². The fraction of sp³-hybridized carbons (Fsp3) is 0.318. The van der Waals surface area contributed by atoms with Crippen LogP contribution < -0.4 is 16.6 Å². The van der Waals surface area contributed by atoms with Gasteiger partial charge in [-0.15, -0.1) is 0 Å². The number of fused-ring (bicyclic) bond motifs is 1. The molecule has 0 atom stereocenters. The van der Waals surface area contributed by atoms with Crippen LogP contribution in [-0.2, 0) is 17.9 Å². The molecule has 6 heteroatoms. The number of rotatable bonds is 5. The van der Waals surface area contributed by atoms with E-state index in [0.29, 0.717) is 23.9 Å². The van der Waals surface area contributed by atoms with Crippen LogP contribution in [0.3, 0.4) is 0 Å². The number of aryl methyl sites for hydroxylation is 3. The van der Waals surface area contributed by atoms with Gasteiger partial charge in [-0.25, -0.2) is 4.79 Å². The highest BCUT2D eigenvalue weighted by Crippen LogP contribution is 2.22. The maximum Gasteiger partial charge on any atom is 0.331 e. The molecule has 0 bridgehead atoms. The molecule has 0 aliphatic carbocycles. The number of nitrogens with one attached hydrogen (secondary N) is 1. The van der Waals surface area contributed by atoms with E-state index >= 15 is 0 Å². The molecule has 1 N–H and O–H groups in total. The lowest BCUT2D eigenvalue weighted by Crippen LogP contribution is -2.41. The van der Waals surface area contributed by atoms with Crippen LogP contribution in [0.1, 0.15) is 30.0 Å². The molecule has 0 saturated heterocycles. The van der Waals surface area contributed by atoms with Gasteiger partial charge in [0.15, 0.2) is 0 Å². The van der Waals surface area contributed by atoms with Gasteiger partial charge in [0.1, 0.15) is 6.54 Å². The van der Waals surface area contributed by atoms with Gasteiger partial charge < -0.3 is 5.32 Å². The van der Waals surface area contributed by atoms with Crippen LogP contribution >= 0.6 is 0 Å². The SMILES string of the molecule is CCCn1c(=O)c2ccccc2n(CC(=O)Nc2c(C)cc(C)cc2C)c1=O. The number of carbonyl (C=O) groups excluding carboxylic acids is 1. The molecule has 1 amide bonds. The second-order valence-electron chi connectivity index (χ2n) is 7.16. The number of hydrogen-bond donors (Lipinski definition) is 1. The number of benzene rings is 2. The van der Waals surface area contributed by atoms with Crippen LogP contribution in [0, 0.1) is 20.8 Å². The van der Waals surface area contributed by atoms with E-state index in [1.54, 1.807) is 24.3 Å². The number of aromatic nitrogens is 2. The van der Waals surface area contributed by atoms with Crippen molar-refractivity contribution in [3.8, 4) is 0 Å². The van der Waals surface area contributed by atoms with E-state index in [1.807, 2.05) is 39.8 Å². The molecule has 0 aliphatic heterocycles. The molecule has 0 aliphatic rings. The van der Waals surface area contributed by atoms with Gasteiger partial charge in [0, 0.05) is 12.2 Å². The highest BCUT2D eigenvalue weighted by Gasteiger charge is 2.16. The molecule has 0 spiro atoms. The summed E-state index contributed by atoms with van der Waals surface area (Å²) in [5.74, 6) is -0.302. The summed E-state index contributed by atoms with van der Waals surface area (Å²) in [6.45, 7) is 7.96. The summed E-state index contributed by atoms with van der Waals surface area (Å²) >= 11 is 0. The van der Waals surface area contributed by atoms with Crippen molar-refractivity contribution in [3.63, 3.8) is 0 Å². The summed E-state index contributed by atoms with van der Waals surface area (Å²) < 4.78 is 2.58. The smallest absolute Gasteiger partial charge is 0.324 e. The zero-order valence-electron chi connectivity index (χ0n) is 16.7. The zero-order chi connectivity index (χ0) is 20.4. The quantitative estimate of drug-likeness (QED) is 0.740. The number of anilines is 1. The molecule has 3 rings (SSSR count). The Morgan fingerprint density at radius 1 is 1.00 bits per heavy atom. The van der Waals surface area contributed by atoms with E-state index < -0.39 is 5.69 Å². The third-order valence-electron chi connectivity index (χ3n) is 4.82. The highest BCUT2D eigenvalue weighted by molar-refractivity contribution is 5.93. The van der Waals surface area contributed by atoms with E-state index in [2.05, 4.69) is 5.32 Å². The summed E-state index contributed by atoms with van der Waals surface area (Å²) in [6.07, 6.45) is 0.654. The molecule has 0 saturated carbocycles. The van der Waals surface area contributed by atoms with Crippen molar-refractivity contribution in [2.45, 2.75) is 47.2 Å². The van der Waals surface area contributed by atoms with Crippen LogP contribution in [0.15, 0.2) is 46.0 Å². The zero-order valence-corrected chi connectivity index (χ0v) is 16.7. The molecule has 1 aromatic heterocycles. The predicted octanol–water partition coefficient (Wildman–Crippen LogP) is 3.14. The molecular weight excluding hydrogens is 354 g/mol. The molecule has 28 heavy (non-hydrogen) atoms. The molecule has 0 fully saturated rings. The number of hydrogen-bond acceptors (Lipinski definition) is 3. The summed E-state index contributed by atoms with van der Waals surface area (Å²) in [6, 6.07) is 10.9. The largest absolute Gasteiger partial charge is 0.331 e. The van der Waals surface area contributed by atoms with Gasteiger partial charge in [-0.1, -0.05) is 36.8 Å². The van der Waals surface area contributed by atoms with E-state index in [4.69, 9.17) is 0 Å². The molecule has 3 aromatic rings. The van der Waals surface area contributed by atoms with Crippen LogP contribution in [0.5, 0.6) is 0 Å². The van der Waals surface area contributed by atoms with E-state index in [-0.39, 0.29) is 18.0 Å². The van der Waals surface area contributed by atoms with E-state index in [0.717, 1.165) is 22.4 Å². The summed E-state index contributed by atoms with van der Waals surface area (Å²) in [5, 5.41) is 3.36. The topological polar surface area (TPSA) is 73.1 Å². The fourth-order valence-electron chi connectivity index (χ4n) is 3.64. The second kappa shape index (κ2) is 7.84. The molecule has 2 aromatic carbocycles. The highest BCUT2D eigenvalue weighted by atomic mass is 16.2. The Morgan fingerprint density at radius 3 is 2.29 bits per heavy atom. The molecule has 146 valence electrons. The minimum atomic E-state index is -0.460. The summed E-state index contributed by atoms with van der Waals surface area (Å²) in [5.41, 5.74) is 3.52. The van der Waals surface area contributed by atoms with Crippen molar-refractivity contribution in [3.05, 3.63) is 73.9 Å². The number of para-hydroxylation sites is 1. The number of amides is 1. The maximum absolute atomic E-state index is 12.9. The first kappa shape index (κ1) is 19.6. The van der Waals surface area contributed by atoms with Crippen molar-refractivity contribution in [1.29, 1.82) is 0 Å². The van der Waals surface area contributed by atoms with Crippen LogP contribution in [0.25, 0.3) is 10.9 Å². The van der Waals surface area contributed by atoms with Gasteiger partial charge in [0.05, 0.1) is 10.9 Å². The minimum Gasteiger partial charge on any atom is -0.324 e. The first-order valence-electron chi connectivity index (χ1n) is 9.43. The van der Waals surface area contributed by atoms with Gasteiger partial charge in [-0.2, -0.15) is 0 Å². The maximum atomic E-state index is 12.9. The van der Waals surface area contributed by atoms with Crippen molar-refractivity contribution in [2.24, 2.45) is 0 Å². The fourth-order valence-corrected chi connectivity index (χ4v) is 3.64. The van der Waals surface area contributed by atoms with E-state index in [9.17, 15) is 14.4 Å². The lowest BCUT2D eigenvalue weighted by molar-refractivity contribution is -0.116. The Kier molecular flexibility index (Phi) is 5.49.